The molecule has 0 aromatic carbocycles. The second kappa shape index (κ2) is 4.99. The SMILES string of the molecule is Clc1ccnc(-c2cc(-c3cc(Cl)ccn3)[nH]n2)c1. The summed E-state index contributed by atoms with van der Waals surface area (Å²) in [5.41, 5.74) is 2.92. The summed E-state index contributed by atoms with van der Waals surface area (Å²) in [6.07, 6.45) is 3.29. The van der Waals surface area contributed by atoms with Gasteiger partial charge in [-0.25, -0.2) is 0 Å². The highest BCUT2D eigenvalue weighted by molar-refractivity contribution is 6.31. The number of hydrogen-bond donors (Lipinski definition) is 1. The zero-order valence-corrected chi connectivity index (χ0v) is 11.2. The molecule has 0 spiro atoms. The molecule has 3 aromatic heterocycles. The van der Waals surface area contributed by atoms with E-state index in [0.29, 0.717) is 21.4 Å². The minimum atomic E-state index is 0.621. The van der Waals surface area contributed by atoms with E-state index >= 15 is 0 Å². The van der Waals surface area contributed by atoms with Gasteiger partial charge in [-0.15, -0.1) is 0 Å². The highest BCUT2D eigenvalue weighted by Gasteiger charge is 2.08. The van der Waals surface area contributed by atoms with Crippen molar-refractivity contribution in [3.63, 3.8) is 0 Å². The number of nitrogens with one attached hydrogen (secondary N) is 1. The molecular weight excluding hydrogens is 283 g/mol. The van der Waals surface area contributed by atoms with Gasteiger partial charge in [-0.3, -0.25) is 15.1 Å². The zero-order chi connectivity index (χ0) is 13.2. The largest absolute Gasteiger partial charge is 0.276 e. The first-order chi connectivity index (χ1) is 9.22. The summed E-state index contributed by atoms with van der Waals surface area (Å²) < 4.78 is 0. The van der Waals surface area contributed by atoms with E-state index < -0.39 is 0 Å². The summed E-state index contributed by atoms with van der Waals surface area (Å²) in [4.78, 5) is 8.45. The Labute approximate surface area is 119 Å². The summed E-state index contributed by atoms with van der Waals surface area (Å²) in [5, 5.41) is 8.37. The van der Waals surface area contributed by atoms with Gasteiger partial charge in [0.05, 0.1) is 17.1 Å². The number of H-pyrrole nitrogens is 1. The van der Waals surface area contributed by atoms with Gasteiger partial charge in [0.25, 0.3) is 0 Å². The molecule has 0 aliphatic heterocycles. The lowest BCUT2D eigenvalue weighted by atomic mass is 10.2. The van der Waals surface area contributed by atoms with E-state index in [1.807, 2.05) is 6.07 Å². The first-order valence-corrected chi connectivity index (χ1v) is 6.27. The van der Waals surface area contributed by atoms with Crippen LogP contribution in [0.5, 0.6) is 0 Å². The fourth-order valence-electron chi connectivity index (χ4n) is 1.68. The zero-order valence-electron chi connectivity index (χ0n) is 9.64. The van der Waals surface area contributed by atoms with Crippen molar-refractivity contribution < 1.29 is 0 Å². The first kappa shape index (κ1) is 12.1. The highest BCUT2D eigenvalue weighted by atomic mass is 35.5. The fraction of sp³-hybridized carbons (Fsp3) is 0. The van der Waals surface area contributed by atoms with Gasteiger partial charge in [-0.2, -0.15) is 5.10 Å². The van der Waals surface area contributed by atoms with E-state index in [-0.39, 0.29) is 0 Å². The molecule has 6 heteroatoms. The molecule has 1 N–H and O–H groups in total. The third-order valence-electron chi connectivity index (χ3n) is 2.56. The van der Waals surface area contributed by atoms with Gasteiger partial charge < -0.3 is 0 Å². The number of nitrogens with zero attached hydrogens (tertiary/aromatic N) is 3. The predicted molar refractivity (Wildman–Crippen MR) is 75.1 cm³/mol. The molecule has 19 heavy (non-hydrogen) atoms. The van der Waals surface area contributed by atoms with E-state index in [2.05, 4.69) is 20.2 Å². The van der Waals surface area contributed by atoms with Crippen LogP contribution in [0.3, 0.4) is 0 Å². The van der Waals surface area contributed by atoms with Crippen LogP contribution in [0.25, 0.3) is 22.8 Å². The Kier molecular flexibility index (Phi) is 3.19. The third kappa shape index (κ3) is 2.59. The first-order valence-electron chi connectivity index (χ1n) is 5.51. The predicted octanol–water partition coefficient (Wildman–Crippen LogP) is 3.84. The minimum Gasteiger partial charge on any atom is -0.276 e. The van der Waals surface area contributed by atoms with Crippen LogP contribution in [0.4, 0.5) is 0 Å². The monoisotopic (exact) mass is 290 g/mol. The number of pyridine rings is 2. The van der Waals surface area contributed by atoms with Crippen LogP contribution in [-0.4, -0.2) is 20.2 Å². The number of aromatic amines is 1. The summed E-state index contributed by atoms with van der Waals surface area (Å²) >= 11 is 11.9. The van der Waals surface area contributed by atoms with Crippen molar-refractivity contribution in [2.24, 2.45) is 0 Å². The molecule has 0 bridgehead atoms. The standard InChI is InChI=1S/C13H8Cl2N4/c14-8-1-3-16-10(5-8)12-7-13(19-18-12)11-6-9(15)2-4-17-11/h1-7H,(H,18,19). The summed E-state index contributed by atoms with van der Waals surface area (Å²) in [6.45, 7) is 0. The molecule has 0 saturated heterocycles. The summed E-state index contributed by atoms with van der Waals surface area (Å²) in [6, 6.07) is 8.83. The molecule has 94 valence electrons. The minimum absolute atomic E-state index is 0.621. The molecule has 0 fully saturated rings. The fourth-order valence-corrected chi connectivity index (χ4v) is 2.00. The lowest BCUT2D eigenvalue weighted by molar-refractivity contribution is 1.08. The smallest absolute Gasteiger partial charge is 0.111 e. The molecule has 0 aliphatic rings. The molecule has 0 saturated carbocycles. The topological polar surface area (TPSA) is 54.5 Å². The van der Waals surface area contributed by atoms with Crippen molar-refractivity contribution in [1.82, 2.24) is 20.2 Å². The molecule has 3 heterocycles. The Morgan fingerprint density at radius 2 is 1.42 bits per heavy atom. The maximum atomic E-state index is 5.94. The summed E-state index contributed by atoms with van der Waals surface area (Å²) in [5.74, 6) is 0. The van der Waals surface area contributed by atoms with Crippen molar-refractivity contribution >= 4 is 23.2 Å². The number of hydrogen-bond acceptors (Lipinski definition) is 3. The van der Waals surface area contributed by atoms with Crippen molar-refractivity contribution in [2.45, 2.75) is 0 Å². The number of rotatable bonds is 2. The van der Waals surface area contributed by atoms with Gasteiger partial charge in [0.15, 0.2) is 0 Å². The van der Waals surface area contributed by atoms with Crippen LogP contribution < -0.4 is 0 Å². The van der Waals surface area contributed by atoms with Gasteiger partial charge >= 0.3 is 0 Å². The van der Waals surface area contributed by atoms with Gasteiger partial charge in [0.1, 0.15) is 5.69 Å². The van der Waals surface area contributed by atoms with Crippen LogP contribution in [0.15, 0.2) is 42.7 Å². The van der Waals surface area contributed by atoms with Crippen molar-refractivity contribution in [1.29, 1.82) is 0 Å². The normalized spacial score (nSPS) is 10.6. The van der Waals surface area contributed by atoms with Crippen LogP contribution in [0.2, 0.25) is 10.0 Å². The van der Waals surface area contributed by atoms with Crippen LogP contribution in [0, 0.1) is 0 Å². The van der Waals surface area contributed by atoms with Crippen LogP contribution in [-0.2, 0) is 0 Å². The van der Waals surface area contributed by atoms with E-state index in [1.165, 1.54) is 0 Å². The van der Waals surface area contributed by atoms with Crippen molar-refractivity contribution in [2.75, 3.05) is 0 Å². The number of halogens is 2. The molecule has 0 unspecified atom stereocenters. The Hall–Kier alpha value is -1.91. The Morgan fingerprint density at radius 3 is 2.11 bits per heavy atom. The quantitative estimate of drug-likeness (QED) is 0.780. The summed E-state index contributed by atoms with van der Waals surface area (Å²) in [7, 11) is 0. The maximum Gasteiger partial charge on any atom is 0.111 e. The molecular formula is C13H8Cl2N4. The van der Waals surface area contributed by atoms with Gasteiger partial charge in [0.2, 0.25) is 0 Å². The molecule has 3 aromatic rings. The second-order valence-corrected chi connectivity index (χ2v) is 4.76. The second-order valence-electron chi connectivity index (χ2n) is 3.89. The number of aromatic nitrogens is 4. The molecule has 0 aliphatic carbocycles. The Bertz CT molecular complexity index is 664. The maximum absolute atomic E-state index is 5.94. The molecule has 0 atom stereocenters. The van der Waals surface area contributed by atoms with Crippen LogP contribution in [0.1, 0.15) is 0 Å². The Balaban J connectivity index is 2.00. The average Bonchev–Trinajstić information content (AvgIpc) is 2.88. The molecule has 0 amide bonds. The Morgan fingerprint density at radius 1 is 0.789 bits per heavy atom. The van der Waals surface area contributed by atoms with Crippen molar-refractivity contribution in [3.8, 4) is 22.8 Å². The van der Waals surface area contributed by atoms with Crippen molar-refractivity contribution in [3.05, 3.63) is 52.8 Å². The van der Waals surface area contributed by atoms with E-state index in [4.69, 9.17) is 23.2 Å². The van der Waals surface area contributed by atoms with Gasteiger partial charge in [-0.05, 0) is 30.3 Å². The van der Waals surface area contributed by atoms with Crippen LogP contribution >= 0.6 is 23.2 Å². The lowest BCUT2D eigenvalue weighted by Gasteiger charge is -1.96. The average molecular weight is 291 g/mol. The molecule has 4 nitrogen and oxygen atoms in total. The van der Waals surface area contributed by atoms with E-state index in [9.17, 15) is 0 Å². The van der Waals surface area contributed by atoms with Gasteiger partial charge in [0, 0.05) is 22.4 Å². The highest BCUT2D eigenvalue weighted by Crippen LogP contribution is 2.24. The third-order valence-corrected chi connectivity index (χ3v) is 3.03. The molecule has 3 rings (SSSR count). The van der Waals surface area contributed by atoms with E-state index in [0.717, 1.165) is 11.4 Å². The molecule has 0 radical (unpaired) electrons. The lowest BCUT2D eigenvalue weighted by Crippen LogP contribution is -1.82. The van der Waals surface area contributed by atoms with Gasteiger partial charge in [-0.1, -0.05) is 23.2 Å². The van der Waals surface area contributed by atoms with E-state index in [1.54, 1.807) is 36.7 Å².